The highest BCUT2D eigenvalue weighted by Gasteiger charge is 2.20. The quantitative estimate of drug-likeness (QED) is 0.748. The molecular formula is C11H13N3O. The van der Waals surface area contributed by atoms with Gasteiger partial charge in [-0.05, 0) is 12.5 Å². The summed E-state index contributed by atoms with van der Waals surface area (Å²) in [4.78, 5) is 6.44. The van der Waals surface area contributed by atoms with Gasteiger partial charge in [-0.3, -0.25) is 0 Å². The van der Waals surface area contributed by atoms with E-state index in [2.05, 4.69) is 22.0 Å². The molecule has 0 aliphatic carbocycles. The lowest BCUT2D eigenvalue weighted by Crippen LogP contribution is -2.21. The largest absolute Gasteiger partial charge is 0.391 e. The Kier molecular flexibility index (Phi) is 1.89. The van der Waals surface area contributed by atoms with E-state index in [9.17, 15) is 5.11 Å². The second-order valence-electron chi connectivity index (χ2n) is 3.97. The molecule has 1 fully saturated rings. The van der Waals surface area contributed by atoms with Crippen molar-refractivity contribution < 1.29 is 5.11 Å². The van der Waals surface area contributed by atoms with E-state index in [1.54, 1.807) is 6.20 Å². The molecule has 1 aliphatic rings. The third-order valence-corrected chi connectivity index (χ3v) is 2.91. The number of hydrogen-bond acceptors (Lipinski definition) is 3. The average molecular weight is 203 g/mol. The molecule has 0 saturated carbocycles. The van der Waals surface area contributed by atoms with Crippen molar-refractivity contribution in [3.63, 3.8) is 0 Å². The summed E-state index contributed by atoms with van der Waals surface area (Å²) in [6.45, 7) is 1.66. The number of pyridine rings is 1. The van der Waals surface area contributed by atoms with E-state index in [4.69, 9.17) is 0 Å². The number of hydrogen-bond donors (Lipinski definition) is 1. The predicted octanol–water partition coefficient (Wildman–Crippen LogP) is 0.905. The fraction of sp³-hybridized carbons (Fsp3) is 0.364. The van der Waals surface area contributed by atoms with E-state index in [0.717, 1.165) is 30.8 Å². The minimum absolute atomic E-state index is 0.180. The normalized spacial score (nSPS) is 21.4. The first-order chi connectivity index (χ1) is 7.33. The third-order valence-electron chi connectivity index (χ3n) is 2.91. The third kappa shape index (κ3) is 1.47. The number of aliphatic hydroxyl groups is 1. The molecule has 0 bridgehead atoms. The van der Waals surface area contributed by atoms with Crippen molar-refractivity contribution in [1.29, 1.82) is 0 Å². The zero-order valence-electron chi connectivity index (χ0n) is 8.37. The Labute approximate surface area is 87.8 Å². The molecule has 0 spiro atoms. The zero-order chi connectivity index (χ0) is 10.3. The van der Waals surface area contributed by atoms with E-state index in [-0.39, 0.29) is 6.10 Å². The Morgan fingerprint density at radius 2 is 2.33 bits per heavy atom. The van der Waals surface area contributed by atoms with Crippen LogP contribution in [0.4, 0.5) is 5.69 Å². The minimum atomic E-state index is -0.180. The Hall–Kier alpha value is -1.55. The average Bonchev–Trinajstić information content (AvgIpc) is 2.84. The molecule has 0 radical (unpaired) electrons. The number of fused-ring (bicyclic) bond motifs is 1. The van der Waals surface area contributed by atoms with Crippen LogP contribution in [-0.4, -0.2) is 33.7 Å². The summed E-state index contributed by atoms with van der Waals surface area (Å²) in [5.41, 5.74) is 2.10. The molecule has 0 aromatic carbocycles. The molecule has 78 valence electrons. The van der Waals surface area contributed by atoms with Crippen LogP contribution in [0.3, 0.4) is 0 Å². The molecule has 3 rings (SSSR count). The molecule has 0 unspecified atom stereocenters. The van der Waals surface area contributed by atoms with Crippen molar-refractivity contribution in [2.45, 2.75) is 12.5 Å². The lowest BCUT2D eigenvalue weighted by molar-refractivity contribution is 0.198. The van der Waals surface area contributed by atoms with Crippen molar-refractivity contribution in [2.24, 2.45) is 0 Å². The number of β-amino-alcohol motifs (C(OH)–C–C–N with tert-alkyl or cyclic N) is 1. The van der Waals surface area contributed by atoms with Crippen molar-refractivity contribution in [2.75, 3.05) is 18.0 Å². The van der Waals surface area contributed by atoms with Gasteiger partial charge in [0.25, 0.3) is 0 Å². The number of aliphatic hydroxyl groups excluding tert-OH is 1. The van der Waals surface area contributed by atoms with Crippen LogP contribution in [0, 0.1) is 0 Å². The molecule has 0 amide bonds. The van der Waals surface area contributed by atoms with Crippen molar-refractivity contribution in [1.82, 2.24) is 9.38 Å². The maximum atomic E-state index is 9.47. The van der Waals surface area contributed by atoms with E-state index in [0.29, 0.717) is 0 Å². The maximum absolute atomic E-state index is 9.47. The molecule has 15 heavy (non-hydrogen) atoms. The molecule has 1 aliphatic heterocycles. The van der Waals surface area contributed by atoms with Gasteiger partial charge in [0.1, 0.15) is 5.65 Å². The summed E-state index contributed by atoms with van der Waals surface area (Å²) < 4.78 is 1.98. The van der Waals surface area contributed by atoms with E-state index < -0.39 is 0 Å². The van der Waals surface area contributed by atoms with Gasteiger partial charge >= 0.3 is 0 Å². The lowest BCUT2D eigenvalue weighted by Gasteiger charge is -2.17. The molecule has 4 heteroatoms. The van der Waals surface area contributed by atoms with Gasteiger partial charge in [-0.2, -0.15) is 0 Å². The van der Waals surface area contributed by atoms with Crippen LogP contribution in [0.1, 0.15) is 6.42 Å². The van der Waals surface area contributed by atoms with Gasteiger partial charge in [-0.1, -0.05) is 0 Å². The van der Waals surface area contributed by atoms with Gasteiger partial charge in [-0.25, -0.2) is 4.98 Å². The smallest absolute Gasteiger partial charge is 0.138 e. The Bertz CT molecular complexity index is 479. The van der Waals surface area contributed by atoms with E-state index >= 15 is 0 Å². The van der Waals surface area contributed by atoms with Crippen molar-refractivity contribution in [3.8, 4) is 0 Å². The molecule has 3 heterocycles. The number of anilines is 1. The molecule has 1 N–H and O–H groups in total. The Morgan fingerprint density at radius 1 is 1.40 bits per heavy atom. The minimum Gasteiger partial charge on any atom is -0.391 e. The molecule has 2 aromatic rings. The van der Waals surface area contributed by atoms with E-state index in [1.807, 2.05) is 16.8 Å². The molecular weight excluding hydrogens is 190 g/mol. The fourth-order valence-electron chi connectivity index (χ4n) is 2.07. The van der Waals surface area contributed by atoms with Gasteiger partial charge in [-0.15, -0.1) is 0 Å². The first-order valence-electron chi connectivity index (χ1n) is 5.19. The monoisotopic (exact) mass is 203 g/mol. The van der Waals surface area contributed by atoms with Crippen molar-refractivity contribution in [3.05, 3.63) is 30.7 Å². The van der Waals surface area contributed by atoms with Gasteiger partial charge in [0.15, 0.2) is 0 Å². The molecule has 2 aromatic heterocycles. The van der Waals surface area contributed by atoms with Crippen LogP contribution in [0.5, 0.6) is 0 Å². The molecule has 4 nitrogen and oxygen atoms in total. The summed E-state index contributed by atoms with van der Waals surface area (Å²) >= 11 is 0. The fourth-order valence-corrected chi connectivity index (χ4v) is 2.07. The topological polar surface area (TPSA) is 40.8 Å². The van der Waals surface area contributed by atoms with Gasteiger partial charge in [0.05, 0.1) is 6.10 Å². The first kappa shape index (κ1) is 8.73. The summed E-state index contributed by atoms with van der Waals surface area (Å²) in [6.07, 6.45) is 6.40. The number of nitrogens with zero attached hydrogens (tertiary/aromatic N) is 3. The standard InChI is InChI=1S/C11H13N3O/c15-10-2-5-14(8-10)9-1-4-13-6-3-12-11(13)7-9/h1,3-4,6-7,10,15H,2,5,8H2/t10-/m0/s1. The number of imidazole rings is 1. The number of rotatable bonds is 1. The molecule has 1 saturated heterocycles. The van der Waals surface area contributed by atoms with Crippen LogP contribution in [-0.2, 0) is 0 Å². The highest BCUT2D eigenvalue weighted by atomic mass is 16.3. The maximum Gasteiger partial charge on any atom is 0.138 e. The lowest BCUT2D eigenvalue weighted by atomic mass is 10.3. The Balaban J connectivity index is 1.97. The van der Waals surface area contributed by atoms with Gasteiger partial charge in [0.2, 0.25) is 0 Å². The second kappa shape index (κ2) is 3.24. The summed E-state index contributed by atoms with van der Waals surface area (Å²) in [5, 5.41) is 9.47. The number of aromatic nitrogens is 2. The highest BCUT2D eigenvalue weighted by Crippen LogP contribution is 2.21. The van der Waals surface area contributed by atoms with Crippen LogP contribution >= 0.6 is 0 Å². The van der Waals surface area contributed by atoms with Crippen LogP contribution in [0.2, 0.25) is 0 Å². The van der Waals surface area contributed by atoms with Gasteiger partial charge in [0, 0.05) is 43.4 Å². The van der Waals surface area contributed by atoms with Crippen LogP contribution < -0.4 is 4.90 Å². The van der Waals surface area contributed by atoms with Crippen LogP contribution in [0.25, 0.3) is 5.65 Å². The van der Waals surface area contributed by atoms with Crippen molar-refractivity contribution >= 4 is 11.3 Å². The second-order valence-corrected chi connectivity index (χ2v) is 3.97. The zero-order valence-corrected chi connectivity index (χ0v) is 8.37. The SMILES string of the molecule is O[C@H]1CCN(c2ccn3ccnc3c2)C1. The van der Waals surface area contributed by atoms with E-state index in [1.165, 1.54) is 0 Å². The van der Waals surface area contributed by atoms with Crippen LogP contribution in [0.15, 0.2) is 30.7 Å². The van der Waals surface area contributed by atoms with Gasteiger partial charge < -0.3 is 14.4 Å². The highest BCUT2D eigenvalue weighted by molar-refractivity contribution is 5.56. The Morgan fingerprint density at radius 3 is 3.13 bits per heavy atom. The molecule has 1 atom stereocenters. The summed E-state index contributed by atoms with van der Waals surface area (Å²) in [6, 6.07) is 4.12. The summed E-state index contributed by atoms with van der Waals surface area (Å²) in [7, 11) is 0. The summed E-state index contributed by atoms with van der Waals surface area (Å²) in [5.74, 6) is 0. The first-order valence-corrected chi connectivity index (χ1v) is 5.19. The predicted molar refractivity (Wildman–Crippen MR) is 58.0 cm³/mol.